The number of rotatable bonds is 6. The molecule has 0 N–H and O–H groups in total. The van der Waals surface area contributed by atoms with E-state index >= 15 is 0 Å². The van der Waals surface area contributed by atoms with Crippen molar-refractivity contribution in [3.05, 3.63) is 28.3 Å². The van der Waals surface area contributed by atoms with Crippen molar-refractivity contribution in [2.24, 2.45) is 0 Å². The zero-order valence-corrected chi connectivity index (χ0v) is 14.2. The summed E-state index contributed by atoms with van der Waals surface area (Å²) in [7, 11) is 1.32. The monoisotopic (exact) mass is 354 g/mol. The number of esters is 1. The van der Waals surface area contributed by atoms with E-state index in [2.05, 4.69) is 0 Å². The van der Waals surface area contributed by atoms with E-state index in [0.717, 1.165) is 0 Å². The Bertz CT molecular complexity index is 626. The van der Waals surface area contributed by atoms with Crippen LogP contribution in [-0.4, -0.2) is 33.7 Å². The maximum Gasteiger partial charge on any atom is 0.338 e. The van der Waals surface area contributed by atoms with Crippen molar-refractivity contribution in [2.75, 3.05) is 13.2 Å². The summed E-state index contributed by atoms with van der Waals surface area (Å²) in [5, 5.41) is 0.0882. The van der Waals surface area contributed by atoms with Crippen molar-refractivity contribution < 1.29 is 22.7 Å². The van der Waals surface area contributed by atoms with Crippen molar-refractivity contribution in [3.8, 4) is 0 Å². The minimum absolute atomic E-state index is 0.0320. The molecule has 0 bridgehead atoms. The Hall–Kier alpha value is -0.820. The number of hydrogen-bond donors (Lipinski definition) is 0. The molecular formula is C13H16Cl2O5S. The Balaban J connectivity index is 2.93. The highest BCUT2D eigenvalue weighted by Crippen LogP contribution is 2.27. The van der Waals surface area contributed by atoms with Gasteiger partial charge >= 0.3 is 5.97 Å². The van der Waals surface area contributed by atoms with Gasteiger partial charge in [0.15, 0.2) is 0 Å². The first kappa shape index (κ1) is 18.2. The normalized spacial score (nSPS) is 11.7. The lowest BCUT2D eigenvalue weighted by molar-refractivity contribution is 0.0176. The fourth-order valence-corrected chi connectivity index (χ4v) is 3.12. The second-order valence-corrected chi connectivity index (χ2v) is 7.54. The lowest BCUT2D eigenvalue weighted by atomic mass is 10.1. The molecule has 0 unspecified atom stereocenters. The second-order valence-electron chi connectivity index (χ2n) is 4.57. The highest BCUT2D eigenvalue weighted by Gasteiger charge is 2.21. The molecule has 0 fully saturated rings. The molecule has 0 aliphatic heterocycles. The lowest BCUT2D eigenvalue weighted by Gasteiger charge is -2.11. The minimum atomic E-state index is -3.99. The van der Waals surface area contributed by atoms with Crippen molar-refractivity contribution in [1.29, 1.82) is 0 Å². The smallest absolute Gasteiger partial charge is 0.338 e. The largest absolute Gasteiger partial charge is 0.460 e. The average molecular weight is 355 g/mol. The van der Waals surface area contributed by atoms with Crippen LogP contribution in [0.4, 0.5) is 0 Å². The molecule has 0 aliphatic rings. The van der Waals surface area contributed by atoms with Gasteiger partial charge in [-0.15, -0.1) is 0 Å². The van der Waals surface area contributed by atoms with Gasteiger partial charge in [0, 0.05) is 15.7 Å². The highest BCUT2D eigenvalue weighted by molar-refractivity contribution is 8.13. The number of ether oxygens (including phenoxy) is 2. The van der Waals surface area contributed by atoms with Crippen LogP contribution in [0.25, 0.3) is 0 Å². The molecule has 0 spiro atoms. The molecule has 1 rings (SSSR count). The number of carbonyl (C=O) groups excluding carboxylic acids is 1. The third kappa shape index (κ3) is 5.47. The molecule has 0 saturated heterocycles. The fourth-order valence-electron chi connectivity index (χ4n) is 1.62. The predicted octanol–water partition coefficient (Wildman–Crippen LogP) is 3.16. The Morgan fingerprint density at radius 2 is 1.90 bits per heavy atom. The first-order valence-corrected chi connectivity index (χ1v) is 8.85. The van der Waals surface area contributed by atoms with E-state index in [1.807, 2.05) is 13.8 Å². The molecule has 8 heteroatoms. The first-order chi connectivity index (χ1) is 9.62. The van der Waals surface area contributed by atoms with E-state index in [0.29, 0.717) is 0 Å². The molecule has 21 heavy (non-hydrogen) atoms. The zero-order chi connectivity index (χ0) is 16.2. The summed E-state index contributed by atoms with van der Waals surface area (Å²) in [5.41, 5.74) is 0.260. The molecule has 1 aromatic carbocycles. The van der Waals surface area contributed by atoms with Gasteiger partial charge in [-0.25, -0.2) is 13.2 Å². The molecule has 118 valence electrons. The summed E-state index contributed by atoms with van der Waals surface area (Å²) in [6, 6.07) is 2.53. The van der Waals surface area contributed by atoms with Crippen LogP contribution in [0.15, 0.2) is 17.0 Å². The SMILES string of the molecule is Cc1c(C(=O)OCCOC(C)C)cc(Cl)cc1S(=O)(=O)Cl. The van der Waals surface area contributed by atoms with Gasteiger partial charge in [0.25, 0.3) is 9.05 Å². The number of hydrogen-bond acceptors (Lipinski definition) is 5. The van der Waals surface area contributed by atoms with Gasteiger partial charge in [0.05, 0.1) is 23.2 Å². The lowest BCUT2D eigenvalue weighted by Crippen LogP contribution is -2.15. The molecule has 0 saturated carbocycles. The summed E-state index contributed by atoms with van der Waals surface area (Å²) in [4.78, 5) is 11.8. The Labute approximate surface area is 133 Å². The predicted molar refractivity (Wildman–Crippen MR) is 80.6 cm³/mol. The summed E-state index contributed by atoms with van der Waals surface area (Å²) in [5.74, 6) is -0.677. The number of halogens is 2. The number of carbonyl (C=O) groups is 1. The summed E-state index contributed by atoms with van der Waals surface area (Å²) >= 11 is 5.82. The van der Waals surface area contributed by atoms with E-state index in [9.17, 15) is 13.2 Å². The van der Waals surface area contributed by atoms with Crippen LogP contribution in [0.3, 0.4) is 0 Å². The highest BCUT2D eigenvalue weighted by atomic mass is 35.7. The summed E-state index contributed by atoms with van der Waals surface area (Å²) < 4.78 is 33.2. The van der Waals surface area contributed by atoms with Gasteiger partial charge in [-0.1, -0.05) is 11.6 Å². The summed E-state index contributed by atoms with van der Waals surface area (Å²) in [6.45, 7) is 5.50. The van der Waals surface area contributed by atoms with Crippen molar-refractivity contribution in [3.63, 3.8) is 0 Å². The van der Waals surface area contributed by atoms with Crippen molar-refractivity contribution in [2.45, 2.75) is 31.8 Å². The van der Waals surface area contributed by atoms with E-state index in [4.69, 9.17) is 31.8 Å². The Morgan fingerprint density at radius 1 is 1.29 bits per heavy atom. The van der Waals surface area contributed by atoms with E-state index in [1.165, 1.54) is 19.1 Å². The summed E-state index contributed by atoms with van der Waals surface area (Å²) in [6.07, 6.45) is 0.0320. The topological polar surface area (TPSA) is 69.7 Å². The minimum Gasteiger partial charge on any atom is -0.460 e. The zero-order valence-electron chi connectivity index (χ0n) is 11.9. The van der Waals surface area contributed by atoms with Crippen molar-refractivity contribution in [1.82, 2.24) is 0 Å². The average Bonchev–Trinajstić information content (AvgIpc) is 2.35. The first-order valence-electron chi connectivity index (χ1n) is 6.16. The van der Waals surface area contributed by atoms with Crippen LogP contribution < -0.4 is 0 Å². The van der Waals surface area contributed by atoms with Gasteiger partial charge in [-0.3, -0.25) is 0 Å². The van der Waals surface area contributed by atoms with Crippen LogP contribution in [0.5, 0.6) is 0 Å². The van der Waals surface area contributed by atoms with Crippen molar-refractivity contribution >= 4 is 37.3 Å². The van der Waals surface area contributed by atoms with Crippen LogP contribution >= 0.6 is 22.3 Å². The molecule has 0 amide bonds. The Morgan fingerprint density at radius 3 is 2.43 bits per heavy atom. The van der Waals surface area contributed by atoms with Gasteiger partial charge in [0.1, 0.15) is 6.61 Å². The molecular weight excluding hydrogens is 339 g/mol. The van der Waals surface area contributed by atoms with Crippen LogP contribution in [0.1, 0.15) is 29.8 Å². The van der Waals surface area contributed by atoms with E-state index in [-0.39, 0.29) is 40.4 Å². The standard InChI is InChI=1S/C13H16Cl2O5S/c1-8(2)19-4-5-20-13(16)11-6-10(14)7-12(9(11)3)21(15,17)18/h6-8H,4-5H2,1-3H3. The quantitative estimate of drug-likeness (QED) is 0.445. The molecule has 0 heterocycles. The molecule has 0 atom stereocenters. The van der Waals surface area contributed by atoms with Crippen LogP contribution in [0, 0.1) is 6.92 Å². The third-order valence-corrected chi connectivity index (χ3v) is 4.24. The molecule has 5 nitrogen and oxygen atoms in total. The van der Waals surface area contributed by atoms with Gasteiger partial charge in [-0.05, 0) is 38.5 Å². The van der Waals surface area contributed by atoms with E-state index < -0.39 is 15.0 Å². The number of benzene rings is 1. The fraction of sp³-hybridized carbons (Fsp3) is 0.462. The van der Waals surface area contributed by atoms with Gasteiger partial charge < -0.3 is 9.47 Å². The van der Waals surface area contributed by atoms with Gasteiger partial charge in [0.2, 0.25) is 0 Å². The Kier molecular flexibility index (Phi) is 6.46. The molecule has 0 aromatic heterocycles. The maximum atomic E-state index is 12.0. The van der Waals surface area contributed by atoms with Crippen LogP contribution in [-0.2, 0) is 18.5 Å². The van der Waals surface area contributed by atoms with Crippen LogP contribution in [0.2, 0.25) is 5.02 Å². The van der Waals surface area contributed by atoms with E-state index in [1.54, 1.807) is 0 Å². The molecule has 0 aliphatic carbocycles. The molecule has 1 aromatic rings. The second kappa shape index (κ2) is 7.45. The van der Waals surface area contributed by atoms with Gasteiger partial charge in [-0.2, -0.15) is 0 Å². The third-order valence-electron chi connectivity index (χ3n) is 2.58. The molecule has 0 radical (unpaired) electrons. The maximum absolute atomic E-state index is 12.0.